The summed E-state index contributed by atoms with van der Waals surface area (Å²) in [5, 5.41) is 0. The van der Waals surface area contributed by atoms with Crippen LogP contribution >= 0.6 is 0 Å². The second kappa shape index (κ2) is 7.39. The molecule has 3 heteroatoms. The van der Waals surface area contributed by atoms with E-state index in [1.165, 1.54) is 37.9 Å². The van der Waals surface area contributed by atoms with Crippen LogP contribution in [0.2, 0.25) is 0 Å². The van der Waals surface area contributed by atoms with Crippen LogP contribution in [-0.2, 0) is 6.54 Å². The van der Waals surface area contributed by atoms with Gasteiger partial charge in [-0.05, 0) is 45.0 Å². The van der Waals surface area contributed by atoms with Gasteiger partial charge in [0.2, 0.25) is 0 Å². The smallest absolute Gasteiger partial charge is 0.123 e. The van der Waals surface area contributed by atoms with Gasteiger partial charge in [0.05, 0.1) is 6.61 Å². The van der Waals surface area contributed by atoms with Crippen LogP contribution in [0.25, 0.3) is 0 Å². The van der Waals surface area contributed by atoms with E-state index >= 15 is 0 Å². The first-order valence-electron chi connectivity index (χ1n) is 7.03. The van der Waals surface area contributed by atoms with Crippen LogP contribution in [-0.4, -0.2) is 31.1 Å². The van der Waals surface area contributed by atoms with Crippen molar-refractivity contribution in [3.05, 3.63) is 29.8 Å². The van der Waals surface area contributed by atoms with Crippen molar-refractivity contribution in [3.63, 3.8) is 0 Å². The van der Waals surface area contributed by atoms with Crippen molar-refractivity contribution in [3.8, 4) is 5.75 Å². The van der Waals surface area contributed by atoms with E-state index in [9.17, 15) is 0 Å². The molecule has 100 valence electrons. The third-order valence-electron chi connectivity index (χ3n) is 3.42. The predicted molar refractivity (Wildman–Crippen MR) is 74.7 cm³/mol. The van der Waals surface area contributed by atoms with Gasteiger partial charge in [0.25, 0.3) is 0 Å². The fraction of sp³-hybridized carbons (Fsp3) is 0.600. The van der Waals surface area contributed by atoms with Gasteiger partial charge in [-0.15, -0.1) is 0 Å². The molecule has 1 aromatic carbocycles. The molecule has 0 aromatic heterocycles. The summed E-state index contributed by atoms with van der Waals surface area (Å²) in [5.41, 5.74) is 6.79. The van der Waals surface area contributed by atoms with Crippen LogP contribution in [0.15, 0.2) is 24.3 Å². The molecule has 0 unspecified atom stereocenters. The SMILES string of the molecule is NCCCOc1ccccc1CN1CCCCC1. The zero-order valence-electron chi connectivity index (χ0n) is 11.1. The zero-order chi connectivity index (χ0) is 12.6. The standard InChI is InChI=1S/C15H24N2O/c16-9-6-12-18-15-8-3-2-7-14(15)13-17-10-4-1-5-11-17/h2-3,7-8H,1,4-6,9-13,16H2. The molecule has 2 rings (SSSR count). The van der Waals surface area contributed by atoms with E-state index in [0.717, 1.165) is 18.7 Å². The minimum Gasteiger partial charge on any atom is -0.493 e. The highest BCUT2D eigenvalue weighted by molar-refractivity contribution is 5.33. The number of rotatable bonds is 6. The summed E-state index contributed by atoms with van der Waals surface area (Å²) in [6.07, 6.45) is 4.95. The maximum atomic E-state index is 5.81. The maximum Gasteiger partial charge on any atom is 0.123 e. The number of piperidine rings is 1. The largest absolute Gasteiger partial charge is 0.493 e. The fourth-order valence-corrected chi connectivity index (χ4v) is 2.40. The van der Waals surface area contributed by atoms with E-state index in [1.54, 1.807) is 0 Å². The van der Waals surface area contributed by atoms with Gasteiger partial charge in [0.1, 0.15) is 5.75 Å². The van der Waals surface area contributed by atoms with E-state index in [4.69, 9.17) is 10.5 Å². The molecule has 2 N–H and O–H groups in total. The Balaban J connectivity index is 1.93. The number of para-hydroxylation sites is 1. The van der Waals surface area contributed by atoms with E-state index < -0.39 is 0 Å². The Morgan fingerprint density at radius 3 is 2.67 bits per heavy atom. The van der Waals surface area contributed by atoms with E-state index in [2.05, 4.69) is 23.1 Å². The van der Waals surface area contributed by atoms with Crippen molar-refractivity contribution in [1.82, 2.24) is 4.90 Å². The Morgan fingerprint density at radius 1 is 1.11 bits per heavy atom. The molecule has 0 radical (unpaired) electrons. The molecule has 0 spiro atoms. The number of hydrogen-bond acceptors (Lipinski definition) is 3. The lowest BCUT2D eigenvalue weighted by Gasteiger charge is -2.27. The average molecular weight is 248 g/mol. The third kappa shape index (κ3) is 4.00. The van der Waals surface area contributed by atoms with Crippen LogP contribution in [0.4, 0.5) is 0 Å². The Morgan fingerprint density at radius 2 is 1.89 bits per heavy atom. The van der Waals surface area contributed by atoms with Crippen LogP contribution in [0, 0.1) is 0 Å². The monoisotopic (exact) mass is 248 g/mol. The molecule has 1 aliphatic rings. The van der Waals surface area contributed by atoms with E-state index in [0.29, 0.717) is 13.2 Å². The second-order valence-corrected chi connectivity index (χ2v) is 4.94. The number of nitrogens with zero attached hydrogens (tertiary/aromatic N) is 1. The predicted octanol–water partition coefficient (Wildman–Crippen LogP) is 2.40. The molecule has 18 heavy (non-hydrogen) atoms. The molecule has 3 nitrogen and oxygen atoms in total. The fourth-order valence-electron chi connectivity index (χ4n) is 2.40. The highest BCUT2D eigenvalue weighted by Crippen LogP contribution is 2.21. The summed E-state index contributed by atoms with van der Waals surface area (Å²) in [6, 6.07) is 8.37. The highest BCUT2D eigenvalue weighted by atomic mass is 16.5. The molecule has 0 aliphatic carbocycles. The Bertz CT molecular complexity index is 348. The molecular formula is C15H24N2O. The average Bonchev–Trinajstić information content (AvgIpc) is 2.42. The van der Waals surface area contributed by atoms with Gasteiger partial charge in [0, 0.05) is 12.1 Å². The Labute approximate surface area is 110 Å². The van der Waals surface area contributed by atoms with Crippen LogP contribution < -0.4 is 10.5 Å². The quantitative estimate of drug-likeness (QED) is 0.786. The molecule has 1 saturated heterocycles. The first-order chi connectivity index (χ1) is 8.90. The third-order valence-corrected chi connectivity index (χ3v) is 3.42. The molecule has 0 atom stereocenters. The molecule has 1 aromatic rings. The van der Waals surface area contributed by atoms with Gasteiger partial charge in [0.15, 0.2) is 0 Å². The molecule has 0 bridgehead atoms. The number of nitrogens with two attached hydrogens (primary N) is 1. The van der Waals surface area contributed by atoms with Gasteiger partial charge < -0.3 is 10.5 Å². The van der Waals surface area contributed by atoms with E-state index in [-0.39, 0.29) is 0 Å². The molecule has 0 saturated carbocycles. The summed E-state index contributed by atoms with van der Waals surface area (Å²) in [7, 11) is 0. The second-order valence-electron chi connectivity index (χ2n) is 4.94. The first-order valence-corrected chi connectivity index (χ1v) is 7.03. The van der Waals surface area contributed by atoms with Crippen molar-refractivity contribution < 1.29 is 4.74 Å². The summed E-state index contributed by atoms with van der Waals surface area (Å²) in [5.74, 6) is 1.02. The molecule has 1 fully saturated rings. The summed E-state index contributed by atoms with van der Waals surface area (Å²) >= 11 is 0. The van der Waals surface area contributed by atoms with Crippen LogP contribution in [0.3, 0.4) is 0 Å². The minimum atomic E-state index is 0.689. The number of hydrogen-bond donors (Lipinski definition) is 1. The van der Waals surface area contributed by atoms with Crippen molar-refractivity contribution >= 4 is 0 Å². The molecule has 1 aliphatic heterocycles. The van der Waals surface area contributed by atoms with Gasteiger partial charge >= 0.3 is 0 Å². The molecular weight excluding hydrogens is 224 g/mol. The van der Waals surface area contributed by atoms with Gasteiger partial charge in [-0.3, -0.25) is 4.90 Å². The first kappa shape index (κ1) is 13.4. The molecule has 1 heterocycles. The number of likely N-dealkylation sites (tertiary alicyclic amines) is 1. The highest BCUT2D eigenvalue weighted by Gasteiger charge is 2.12. The van der Waals surface area contributed by atoms with Gasteiger partial charge in [-0.25, -0.2) is 0 Å². The lowest BCUT2D eigenvalue weighted by Crippen LogP contribution is -2.29. The van der Waals surface area contributed by atoms with Crippen molar-refractivity contribution in [2.24, 2.45) is 5.73 Å². The van der Waals surface area contributed by atoms with E-state index in [1.807, 2.05) is 6.07 Å². The lowest BCUT2D eigenvalue weighted by molar-refractivity contribution is 0.216. The number of ether oxygens (including phenoxy) is 1. The summed E-state index contributed by atoms with van der Waals surface area (Å²) in [4.78, 5) is 2.52. The normalized spacial score (nSPS) is 16.7. The summed E-state index contributed by atoms with van der Waals surface area (Å²) in [6.45, 7) is 4.86. The topological polar surface area (TPSA) is 38.5 Å². The Hall–Kier alpha value is -1.06. The maximum absolute atomic E-state index is 5.81. The summed E-state index contributed by atoms with van der Waals surface area (Å²) < 4.78 is 5.81. The zero-order valence-corrected chi connectivity index (χ0v) is 11.1. The van der Waals surface area contributed by atoms with Crippen molar-refractivity contribution in [1.29, 1.82) is 0 Å². The van der Waals surface area contributed by atoms with Crippen LogP contribution in [0.5, 0.6) is 5.75 Å². The number of benzene rings is 1. The Kier molecular flexibility index (Phi) is 5.49. The lowest BCUT2D eigenvalue weighted by atomic mass is 10.1. The van der Waals surface area contributed by atoms with Crippen molar-refractivity contribution in [2.45, 2.75) is 32.2 Å². The van der Waals surface area contributed by atoms with Gasteiger partial charge in [-0.2, -0.15) is 0 Å². The molecule has 0 amide bonds. The minimum absolute atomic E-state index is 0.689. The van der Waals surface area contributed by atoms with Crippen LogP contribution in [0.1, 0.15) is 31.2 Å². The van der Waals surface area contributed by atoms with Gasteiger partial charge in [-0.1, -0.05) is 24.6 Å². The van der Waals surface area contributed by atoms with Crippen molar-refractivity contribution in [2.75, 3.05) is 26.2 Å².